The van der Waals surface area contributed by atoms with Gasteiger partial charge < -0.3 is 14.9 Å². The Kier molecular flexibility index (Phi) is 6.98. The zero-order valence-electron chi connectivity index (χ0n) is 9.91. The number of ether oxygens (including phenoxy) is 1. The van der Waals surface area contributed by atoms with Crippen molar-refractivity contribution in [2.24, 2.45) is 0 Å². The van der Waals surface area contributed by atoms with Gasteiger partial charge in [-0.1, -0.05) is 12.1 Å². The van der Waals surface area contributed by atoms with E-state index in [0.29, 0.717) is 6.61 Å². The number of rotatable bonds is 8. The van der Waals surface area contributed by atoms with Gasteiger partial charge in [0.05, 0.1) is 13.2 Å². The summed E-state index contributed by atoms with van der Waals surface area (Å²) in [5.74, 6) is 1.35. The number of hydrogen-bond acceptors (Lipinski definition) is 4. The Hall–Kier alpha value is -1.46. The third kappa shape index (κ3) is 6.32. The van der Waals surface area contributed by atoms with E-state index < -0.39 is 5.97 Å². The van der Waals surface area contributed by atoms with E-state index in [9.17, 15) is 4.79 Å². The molecule has 0 spiro atoms. The third-order valence-corrected chi connectivity index (χ3v) is 2.96. The average Bonchev–Trinajstić information content (AvgIpc) is 2.37. The molecule has 0 atom stereocenters. The fourth-order valence-corrected chi connectivity index (χ4v) is 1.76. The molecule has 0 aliphatic carbocycles. The smallest absolute Gasteiger partial charge is 0.328 e. The molecule has 0 amide bonds. The van der Waals surface area contributed by atoms with Crippen molar-refractivity contribution < 1.29 is 19.7 Å². The zero-order chi connectivity index (χ0) is 13.2. The number of benzene rings is 1. The van der Waals surface area contributed by atoms with E-state index in [2.05, 4.69) is 0 Å². The number of aliphatic hydroxyl groups excluding tert-OH is 1. The lowest BCUT2D eigenvalue weighted by molar-refractivity contribution is -0.131. The predicted molar refractivity (Wildman–Crippen MR) is 73.0 cm³/mol. The minimum absolute atomic E-state index is 0.190. The first-order valence-corrected chi connectivity index (χ1v) is 6.70. The van der Waals surface area contributed by atoms with Crippen LogP contribution in [0.25, 0.3) is 6.08 Å². The standard InChI is InChI=1S/C13H16O4S/c14-7-9-18-10-8-17-12-4-1-11(2-5-12)3-6-13(15)16/h1-6,14H,7-10H2,(H,15,16). The molecular formula is C13H16O4S. The van der Waals surface area contributed by atoms with Crippen molar-refractivity contribution in [3.05, 3.63) is 35.9 Å². The van der Waals surface area contributed by atoms with E-state index in [1.165, 1.54) is 6.08 Å². The van der Waals surface area contributed by atoms with Crippen LogP contribution >= 0.6 is 11.8 Å². The fourth-order valence-electron chi connectivity index (χ4n) is 1.23. The lowest BCUT2D eigenvalue weighted by Gasteiger charge is -2.05. The van der Waals surface area contributed by atoms with Crippen LogP contribution in [0.3, 0.4) is 0 Å². The van der Waals surface area contributed by atoms with E-state index in [0.717, 1.165) is 28.9 Å². The minimum Gasteiger partial charge on any atom is -0.493 e. The molecule has 1 rings (SSSR count). The summed E-state index contributed by atoms with van der Waals surface area (Å²) >= 11 is 1.64. The maximum atomic E-state index is 10.3. The second-order valence-corrected chi connectivity index (χ2v) is 4.65. The summed E-state index contributed by atoms with van der Waals surface area (Å²) < 4.78 is 5.49. The van der Waals surface area contributed by atoms with Crippen molar-refractivity contribution in [3.8, 4) is 5.75 Å². The van der Waals surface area contributed by atoms with Crippen LogP contribution in [0.1, 0.15) is 5.56 Å². The molecule has 0 saturated heterocycles. The van der Waals surface area contributed by atoms with Gasteiger partial charge in [0.15, 0.2) is 0 Å². The Labute approximate surface area is 110 Å². The molecule has 0 aromatic heterocycles. The molecule has 2 N–H and O–H groups in total. The molecule has 0 radical (unpaired) electrons. The lowest BCUT2D eigenvalue weighted by atomic mass is 10.2. The third-order valence-electron chi connectivity index (χ3n) is 2.03. The van der Waals surface area contributed by atoms with E-state index in [1.54, 1.807) is 36.0 Å². The van der Waals surface area contributed by atoms with Crippen LogP contribution in [0.4, 0.5) is 0 Å². The van der Waals surface area contributed by atoms with E-state index in [1.807, 2.05) is 0 Å². The van der Waals surface area contributed by atoms with Gasteiger partial charge in [0.1, 0.15) is 5.75 Å². The molecule has 0 heterocycles. The molecule has 0 fully saturated rings. The van der Waals surface area contributed by atoms with Crippen LogP contribution < -0.4 is 4.74 Å². The van der Waals surface area contributed by atoms with Crippen LogP contribution in [0, 0.1) is 0 Å². The summed E-state index contributed by atoms with van der Waals surface area (Å²) in [4.78, 5) is 10.3. The van der Waals surface area contributed by atoms with Crippen LogP contribution in [0.2, 0.25) is 0 Å². The summed E-state index contributed by atoms with van der Waals surface area (Å²) in [6.45, 7) is 0.782. The fraction of sp³-hybridized carbons (Fsp3) is 0.308. The van der Waals surface area contributed by atoms with Gasteiger partial charge in [-0.25, -0.2) is 4.79 Å². The van der Waals surface area contributed by atoms with E-state index in [4.69, 9.17) is 14.9 Å². The predicted octanol–water partition coefficient (Wildman–Crippen LogP) is 1.89. The largest absolute Gasteiger partial charge is 0.493 e. The van der Waals surface area contributed by atoms with Crippen LogP contribution in [0.15, 0.2) is 30.3 Å². The molecule has 0 aliphatic rings. The number of hydrogen-bond donors (Lipinski definition) is 2. The average molecular weight is 268 g/mol. The topological polar surface area (TPSA) is 66.8 Å². The molecule has 1 aromatic carbocycles. The van der Waals surface area contributed by atoms with Crippen molar-refractivity contribution >= 4 is 23.8 Å². The maximum absolute atomic E-state index is 10.3. The zero-order valence-corrected chi connectivity index (χ0v) is 10.7. The number of aliphatic hydroxyl groups is 1. The molecule has 4 nitrogen and oxygen atoms in total. The first-order chi connectivity index (χ1) is 8.72. The molecular weight excluding hydrogens is 252 g/mol. The Morgan fingerprint density at radius 3 is 2.61 bits per heavy atom. The molecule has 18 heavy (non-hydrogen) atoms. The van der Waals surface area contributed by atoms with Gasteiger partial charge in [0.25, 0.3) is 0 Å². The van der Waals surface area contributed by atoms with Gasteiger partial charge in [-0.05, 0) is 23.8 Å². The highest BCUT2D eigenvalue weighted by atomic mass is 32.2. The van der Waals surface area contributed by atoms with Gasteiger partial charge in [0.2, 0.25) is 0 Å². The number of aliphatic carboxylic acids is 1. The summed E-state index contributed by atoms with van der Waals surface area (Å²) in [5, 5.41) is 17.1. The van der Waals surface area contributed by atoms with Gasteiger partial charge in [0, 0.05) is 17.6 Å². The van der Waals surface area contributed by atoms with Crippen LogP contribution in [-0.2, 0) is 4.79 Å². The first kappa shape index (κ1) is 14.6. The van der Waals surface area contributed by atoms with Crippen molar-refractivity contribution in [2.75, 3.05) is 24.7 Å². The van der Waals surface area contributed by atoms with Crippen LogP contribution in [0.5, 0.6) is 5.75 Å². The van der Waals surface area contributed by atoms with Gasteiger partial charge in [-0.3, -0.25) is 0 Å². The van der Waals surface area contributed by atoms with E-state index >= 15 is 0 Å². The second-order valence-electron chi connectivity index (χ2n) is 3.43. The SMILES string of the molecule is O=C(O)C=Cc1ccc(OCCSCCO)cc1. The van der Waals surface area contributed by atoms with Gasteiger partial charge >= 0.3 is 5.97 Å². The highest BCUT2D eigenvalue weighted by Gasteiger charge is 1.95. The Bertz CT molecular complexity index is 386. The maximum Gasteiger partial charge on any atom is 0.328 e. The monoisotopic (exact) mass is 268 g/mol. The summed E-state index contributed by atoms with van der Waals surface area (Å²) in [6, 6.07) is 7.21. The molecule has 0 aliphatic heterocycles. The highest BCUT2D eigenvalue weighted by Crippen LogP contribution is 2.13. The Morgan fingerprint density at radius 2 is 2.00 bits per heavy atom. The molecule has 1 aromatic rings. The lowest BCUT2D eigenvalue weighted by Crippen LogP contribution is -2.01. The van der Waals surface area contributed by atoms with Crippen molar-refractivity contribution in [3.63, 3.8) is 0 Å². The molecule has 5 heteroatoms. The van der Waals surface area contributed by atoms with Crippen molar-refractivity contribution in [1.82, 2.24) is 0 Å². The van der Waals surface area contributed by atoms with Crippen LogP contribution in [-0.4, -0.2) is 40.9 Å². The number of carboxylic acids is 1. The number of thioether (sulfide) groups is 1. The normalized spacial score (nSPS) is 10.7. The van der Waals surface area contributed by atoms with Crippen molar-refractivity contribution in [2.45, 2.75) is 0 Å². The highest BCUT2D eigenvalue weighted by molar-refractivity contribution is 7.99. The van der Waals surface area contributed by atoms with Gasteiger partial charge in [-0.15, -0.1) is 0 Å². The van der Waals surface area contributed by atoms with E-state index in [-0.39, 0.29) is 6.61 Å². The molecule has 0 saturated carbocycles. The quantitative estimate of drug-likeness (QED) is 0.556. The summed E-state index contributed by atoms with van der Waals surface area (Å²) in [6.07, 6.45) is 2.63. The molecule has 0 unspecified atom stereocenters. The minimum atomic E-state index is -0.962. The number of carbonyl (C=O) groups is 1. The van der Waals surface area contributed by atoms with Gasteiger partial charge in [-0.2, -0.15) is 11.8 Å². The Balaban J connectivity index is 2.34. The molecule has 98 valence electrons. The van der Waals surface area contributed by atoms with Crippen molar-refractivity contribution in [1.29, 1.82) is 0 Å². The Morgan fingerprint density at radius 1 is 1.28 bits per heavy atom. The second kappa shape index (κ2) is 8.60. The first-order valence-electron chi connectivity index (χ1n) is 5.55. The summed E-state index contributed by atoms with van der Waals surface area (Å²) in [7, 11) is 0. The summed E-state index contributed by atoms with van der Waals surface area (Å²) in [5.41, 5.74) is 0.819. The molecule has 0 bridgehead atoms. The number of carboxylic acid groups (broad SMARTS) is 1.